The number of hydrogen-bond donors (Lipinski definition) is 1. The molecule has 186 valence electrons. The molecule has 0 saturated carbocycles. The number of unbranched alkanes of at least 4 members (excludes halogenated alkanes) is 1. The Morgan fingerprint density at radius 1 is 1.17 bits per heavy atom. The SMILES string of the molecule is CCCCc1nc(=O)c(C(=O)N2CC[C@H](c3ccccc3)C2)c(O)n1C1=C(CC)C=CCC1CC. The van der Waals surface area contributed by atoms with E-state index in [1.54, 1.807) is 9.47 Å². The molecule has 4 rings (SSSR count). The van der Waals surface area contributed by atoms with E-state index in [1.165, 1.54) is 5.56 Å². The van der Waals surface area contributed by atoms with Gasteiger partial charge in [-0.2, -0.15) is 4.98 Å². The van der Waals surface area contributed by atoms with Gasteiger partial charge in [0.05, 0.1) is 0 Å². The quantitative estimate of drug-likeness (QED) is 0.545. The summed E-state index contributed by atoms with van der Waals surface area (Å²) in [7, 11) is 0. The van der Waals surface area contributed by atoms with Gasteiger partial charge in [0.1, 0.15) is 5.82 Å². The molecule has 2 aliphatic rings. The number of allylic oxidation sites excluding steroid dienone is 4. The number of rotatable bonds is 8. The summed E-state index contributed by atoms with van der Waals surface area (Å²) in [5, 5.41) is 11.6. The zero-order valence-electron chi connectivity index (χ0n) is 21.2. The number of aryl methyl sites for hydroxylation is 1. The van der Waals surface area contributed by atoms with Gasteiger partial charge in [0, 0.05) is 37.0 Å². The third-order valence-corrected chi connectivity index (χ3v) is 7.42. The summed E-state index contributed by atoms with van der Waals surface area (Å²) < 4.78 is 1.74. The van der Waals surface area contributed by atoms with Crippen LogP contribution in [0.4, 0.5) is 0 Å². The first-order chi connectivity index (χ1) is 17.0. The molecule has 2 heterocycles. The summed E-state index contributed by atoms with van der Waals surface area (Å²) in [5.74, 6) is 0.293. The first kappa shape index (κ1) is 25.0. The van der Waals surface area contributed by atoms with Gasteiger partial charge in [-0.15, -0.1) is 0 Å². The van der Waals surface area contributed by atoms with Gasteiger partial charge in [-0.3, -0.25) is 14.2 Å². The number of benzene rings is 1. The van der Waals surface area contributed by atoms with Crippen molar-refractivity contribution in [2.75, 3.05) is 13.1 Å². The number of aromatic hydroxyl groups is 1. The molecule has 35 heavy (non-hydrogen) atoms. The van der Waals surface area contributed by atoms with E-state index in [4.69, 9.17) is 0 Å². The average molecular weight is 476 g/mol. The van der Waals surface area contributed by atoms with Crippen LogP contribution in [0.1, 0.15) is 87.0 Å². The average Bonchev–Trinajstić information content (AvgIpc) is 3.38. The van der Waals surface area contributed by atoms with E-state index in [0.29, 0.717) is 25.3 Å². The van der Waals surface area contributed by atoms with Crippen molar-refractivity contribution in [3.63, 3.8) is 0 Å². The van der Waals surface area contributed by atoms with Crippen molar-refractivity contribution in [1.82, 2.24) is 14.5 Å². The summed E-state index contributed by atoms with van der Waals surface area (Å²) in [5.41, 5.74) is 2.45. The minimum atomic E-state index is -0.629. The van der Waals surface area contributed by atoms with Crippen molar-refractivity contribution in [1.29, 1.82) is 0 Å². The Kier molecular flexibility index (Phi) is 7.89. The Labute approximate surface area is 208 Å². The summed E-state index contributed by atoms with van der Waals surface area (Å²) in [6.07, 6.45) is 10.1. The standard InChI is InChI=1S/C29H37N3O3/c1-4-7-16-24-30-27(33)25(28(34)31-18-17-23(19-31)22-12-9-8-10-13-22)29(35)32(24)26-20(5-2)14-11-15-21(26)6-3/h8-14,21,23,35H,4-7,15-19H2,1-3H3/t21?,23-/m0/s1. The second kappa shape index (κ2) is 11.1. The molecular formula is C29H37N3O3. The number of nitrogens with zero attached hydrogens (tertiary/aromatic N) is 3. The van der Waals surface area contributed by atoms with Crippen LogP contribution in [-0.2, 0) is 6.42 Å². The number of carbonyl (C=O) groups excluding carboxylic acids is 1. The molecule has 1 aliphatic heterocycles. The Morgan fingerprint density at radius 2 is 1.94 bits per heavy atom. The molecule has 1 amide bonds. The first-order valence-electron chi connectivity index (χ1n) is 13.1. The van der Waals surface area contributed by atoms with Gasteiger partial charge in [0.25, 0.3) is 11.5 Å². The van der Waals surface area contributed by atoms with Gasteiger partial charge < -0.3 is 10.0 Å². The van der Waals surface area contributed by atoms with E-state index in [9.17, 15) is 14.7 Å². The van der Waals surface area contributed by atoms with Crippen LogP contribution in [0.25, 0.3) is 5.70 Å². The van der Waals surface area contributed by atoms with Crippen LogP contribution in [0.15, 0.2) is 52.9 Å². The molecule has 0 bridgehead atoms. The number of amides is 1. The Balaban J connectivity index is 1.78. The Bertz CT molecular complexity index is 1180. The number of aromatic nitrogens is 2. The van der Waals surface area contributed by atoms with Gasteiger partial charge in [0.15, 0.2) is 5.56 Å². The predicted octanol–water partition coefficient (Wildman–Crippen LogP) is 5.53. The molecule has 6 heteroatoms. The highest BCUT2D eigenvalue weighted by atomic mass is 16.3. The molecule has 1 fully saturated rings. The molecule has 1 aromatic carbocycles. The van der Waals surface area contributed by atoms with Crippen molar-refractivity contribution >= 4 is 11.6 Å². The number of hydrogen-bond acceptors (Lipinski definition) is 4. The Hall–Kier alpha value is -3.15. The van der Waals surface area contributed by atoms with Crippen LogP contribution in [0.3, 0.4) is 0 Å². The summed E-state index contributed by atoms with van der Waals surface area (Å²) >= 11 is 0. The highest BCUT2D eigenvalue weighted by molar-refractivity contribution is 5.96. The zero-order valence-corrected chi connectivity index (χ0v) is 21.2. The van der Waals surface area contributed by atoms with Crippen LogP contribution in [0.5, 0.6) is 5.88 Å². The smallest absolute Gasteiger partial charge is 0.289 e. The second-order valence-electron chi connectivity index (χ2n) is 9.63. The lowest BCUT2D eigenvalue weighted by atomic mass is 9.88. The minimum Gasteiger partial charge on any atom is -0.493 e. The lowest BCUT2D eigenvalue weighted by molar-refractivity contribution is 0.0784. The molecule has 0 radical (unpaired) electrons. The fourth-order valence-corrected chi connectivity index (χ4v) is 5.41. The van der Waals surface area contributed by atoms with Crippen LogP contribution < -0.4 is 5.56 Å². The lowest BCUT2D eigenvalue weighted by Gasteiger charge is -2.29. The van der Waals surface area contributed by atoms with Crippen LogP contribution in [0, 0.1) is 5.92 Å². The Morgan fingerprint density at radius 3 is 2.63 bits per heavy atom. The maximum absolute atomic E-state index is 13.6. The van der Waals surface area contributed by atoms with Crippen LogP contribution in [-0.4, -0.2) is 38.6 Å². The molecule has 0 spiro atoms. The zero-order chi connectivity index (χ0) is 24.9. The fourth-order valence-electron chi connectivity index (χ4n) is 5.41. The van der Waals surface area contributed by atoms with E-state index in [-0.39, 0.29) is 23.3 Å². The first-order valence-corrected chi connectivity index (χ1v) is 13.1. The molecule has 2 aromatic rings. The van der Waals surface area contributed by atoms with Crippen molar-refractivity contribution in [2.45, 2.75) is 71.6 Å². The normalized spacial score (nSPS) is 20.0. The number of likely N-dealkylation sites (tertiary alicyclic amines) is 1. The van der Waals surface area contributed by atoms with E-state index < -0.39 is 11.5 Å². The van der Waals surface area contributed by atoms with Gasteiger partial charge in [-0.05, 0) is 43.2 Å². The van der Waals surface area contributed by atoms with E-state index >= 15 is 0 Å². The molecule has 1 unspecified atom stereocenters. The van der Waals surface area contributed by atoms with E-state index in [0.717, 1.165) is 49.8 Å². The van der Waals surface area contributed by atoms with Crippen molar-refractivity contribution in [3.8, 4) is 5.88 Å². The van der Waals surface area contributed by atoms with Gasteiger partial charge in [-0.1, -0.05) is 69.7 Å². The third kappa shape index (κ3) is 4.97. The van der Waals surface area contributed by atoms with Gasteiger partial charge >= 0.3 is 0 Å². The van der Waals surface area contributed by atoms with Crippen LogP contribution in [0.2, 0.25) is 0 Å². The second-order valence-corrected chi connectivity index (χ2v) is 9.63. The summed E-state index contributed by atoms with van der Waals surface area (Å²) in [4.78, 5) is 32.8. The molecule has 1 aliphatic carbocycles. The molecule has 1 saturated heterocycles. The van der Waals surface area contributed by atoms with Gasteiger partial charge in [-0.25, -0.2) is 0 Å². The number of carbonyl (C=O) groups is 1. The molecule has 1 N–H and O–H groups in total. The van der Waals surface area contributed by atoms with E-state index in [2.05, 4.69) is 50.0 Å². The largest absolute Gasteiger partial charge is 0.493 e. The third-order valence-electron chi connectivity index (χ3n) is 7.42. The monoisotopic (exact) mass is 475 g/mol. The molecule has 1 aromatic heterocycles. The van der Waals surface area contributed by atoms with Gasteiger partial charge in [0.2, 0.25) is 5.88 Å². The lowest BCUT2D eigenvalue weighted by Crippen LogP contribution is -2.35. The fraction of sp³-hybridized carbons (Fsp3) is 0.483. The molecule has 2 atom stereocenters. The molecular weight excluding hydrogens is 438 g/mol. The summed E-state index contributed by atoms with van der Waals surface area (Å²) in [6.45, 7) is 7.40. The minimum absolute atomic E-state index is 0.197. The predicted molar refractivity (Wildman–Crippen MR) is 140 cm³/mol. The van der Waals surface area contributed by atoms with Crippen molar-refractivity contribution < 1.29 is 9.90 Å². The summed E-state index contributed by atoms with van der Waals surface area (Å²) in [6, 6.07) is 10.1. The maximum Gasteiger partial charge on any atom is 0.289 e. The van der Waals surface area contributed by atoms with E-state index in [1.807, 2.05) is 18.2 Å². The van der Waals surface area contributed by atoms with Crippen LogP contribution >= 0.6 is 0 Å². The topological polar surface area (TPSA) is 75.4 Å². The van der Waals surface area contributed by atoms with Crippen molar-refractivity contribution in [3.05, 3.63) is 75.4 Å². The highest BCUT2D eigenvalue weighted by Gasteiger charge is 2.34. The molecule has 6 nitrogen and oxygen atoms in total. The van der Waals surface area contributed by atoms with Crippen molar-refractivity contribution in [2.24, 2.45) is 5.92 Å². The highest BCUT2D eigenvalue weighted by Crippen LogP contribution is 2.37. The maximum atomic E-state index is 13.6.